The van der Waals surface area contributed by atoms with Crippen LogP contribution >= 0.6 is 0 Å². The molecule has 0 aromatic rings. The van der Waals surface area contributed by atoms with Crippen LogP contribution < -0.4 is 0 Å². The van der Waals surface area contributed by atoms with Crippen LogP contribution in [0.4, 0.5) is 0 Å². The van der Waals surface area contributed by atoms with Crippen molar-refractivity contribution in [3.8, 4) is 0 Å². The lowest BCUT2D eigenvalue weighted by molar-refractivity contribution is -0.362. The van der Waals surface area contributed by atoms with Gasteiger partial charge >= 0.3 is 0 Å². The van der Waals surface area contributed by atoms with Crippen molar-refractivity contribution in [2.24, 2.45) is 0 Å². The summed E-state index contributed by atoms with van der Waals surface area (Å²) in [5.74, 6) is 0. The molecule has 16 nitrogen and oxygen atoms in total. The summed E-state index contributed by atoms with van der Waals surface area (Å²) in [5, 5.41) is 109. The molecule has 0 aliphatic carbocycles. The zero-order chi connectivity index (χ0) is 25.3. The molecule has 3 rings (SSSR count). The van der Waals surface area contributed by atoms with E-state index in [1.807, 2.05) is 0 Å². The highest BCUT2D eigenvalue weighted by Crippen LogP contribution is 2.29. The smallest absolute Gasteiger partial charge is 0.187 e. The van der Waals surface area contributed by atoms with E-state index in [1.165, 1.54) is 0 Å². The molecule has 0 radical (unpaired) electrons. The fourth-order valence-corrected chi connectivity index (χ4v) is 3.95. The van der Waals surface area contributed by atoms with Crippen molar-refractivity contribution in [2.75, 3.05) is 19.8 Å². The van der Waals surface area contributed by atoms with Gasteiger partial charge in [0, 0.05) is 0 Å². The fourth-order valence-electron chi connectivity index (χ4n) is 3.95. The Morgan fingerprint density at radius 3 is 1.62 bits per heavy atom. The predicted octanol–water partition coefficient (Wildman–Crippen LogP) is -7.57. The second-order valence-corrected chi connectivity index (χ2v) is 8.37. The molecule has 16 heteroatoms. The van der Waals surface area contributed by atoms with E-state index < -0.39 is 112 Å². The van der Waals surface area contributed by atoms with Gasteiger partial charge in [-0.1, -0.05) is 0 Å². The molecule has 0 saturated carbocycles. The number of aliphatic hydroxyl groups excluding tert-OH is 11. The van der Waals surface area contributed by atoms with E-state index in [2.05, 4.69) is 0 Å². The normalized spacial score (nSPS) is 52.5. The third kappa shape index (κ3) is 5.52. The molecule has 0 amide bonds. The van der Waals surface area contributed by atoms with Gasteiger partial charge in [-0.2, -0.15) is 0 Å². The summed E-state index contributed by atoms with van der Waals surface area (Å²) in [6, 6.07) is 0. The van der Waals surface area contributed by atoms with Crippen LogP contribution in [0.3, 0.4) is 0 Å². The minimum atomic E-state index is -1.87. The number of aliphatic hydroxyl groups is 11. The Hall–Kier alpha value is -0.640. The molecule has 200 valence electrons. The summed E-state index contributed by atoms with van der Waals surface area (Å²) in [7, 11) is 0. The Bertz CT molecular complexity index is 637. The van der Waals surface area contributed by atoms with Crippen LogP contribution in [0, 0.1) is 0 Å². The maximum absolute atomic E-state index is 10.3. The maximum Gasteiger partial charge on any atom is 0.187 e. The molecule has 0 bridgehead atoms. The van der Waals surface area contributed by atoms with E-state index in [1.54, 1.807) is 0 Å². The van der Waals surface area contributed by atoms with Crippen molar-refractivity contribution in [3.63, 3.8) is 0 Å². The minimum Gasteiger partial charge on any atom is -0.394 e. The predicted molar refractivity (Wildman–Crippen MR) is 101 cm³/mol. The van der Waals surface area contributed by atoms with Crippen molar-refractivity contribution >= 4 is 0 Å². The molecule has 3 saturated heterocycles. The average Bonchev–Trinajstić information content (AvgIpc) is 2.82. The first-order valence-corrected chi connectivity index (χ1v) is 10.6. The summed E-state index contributed by atoms with van der Waals surface area (Å²) in [4.78, 5) is 0. The van der Waals surface area contributed by atoms with Gasteiger partial charge in [-0.05, 0) is 0 Å². The molecule has 0 spiro atoms. The fraction of sp³-hybridized carbons (Fsp3) is 1.00. The number of hydrogen-bond acceptors (Lipinski definition) is 16. The van der Waals surface area contributed by atoms with Crippen LogP contribution in [0.25, 0.3) is 0 Å². The van der Waals surface area contributed by atoms with Crippen LogP contribution in [-0.4, -0.2) is 168 Å². The van der Waals surface area contributed by atoms with Crippen molar-refractivity contribution in [2.45, 2.75) is 92.1 Å². The highest BCUT2D eigenvalue weighted by Gasteiger charge is 2.51. The maximum atomic E-state index is 10.3. The van der Waals surface area contributed by atoms with E-state index in [0.29, 0.717) is 0 Å². The van der Waals surface area contributed by atoms with Gasteiger partial charge in [0.2, 0.25) is 0 Å². The van der Waals surface area contributed by atoms with Gasteiger partial charge in [-0.25, -0.2) is 0 Å². The van der Waals surface area contributed by atoms with Crippen LogP contribution in [0.1, 0.15) is 0 Å². The number of ether oxygens (including phenoxy) is 5. The third-order valence-electron chi connectivity index (χ3n) is 6.07. The Kier molecular flexibility index (Phi) is 9.54. The summed E-state index contributed by atoms with van der Waals surface area (Å²) in [6.07, 6.45) is -24.9. The molecule has 0 aromatic carbocycles. The third-order valence-corrected chi connectivity index (χ3v) is 6.07. The van der Waals surface area contributed by atoms with Crippen molar-refractivity contribution in [1.29, 1.82) is 0 Å². The summed E-state index contributed by atoms with van der Waals surface area (Å²) < 4.78 is 26.3. The number of hydrogen-bond donors (Lipinski definition) is 11. The Morgan fingerprint density at radius 1 is 0.500 bits per heavy atom. The molecule has 3 aliphatic heterocycles. The van der Waals surface area contributed by atoms with Gasteiger partial charge in [0.05, 0.1) is 19.8 Å². The van der Waals surface area contributed by atoms with Gasteiger partial charge in [0.15, 0.2) is 18.9 Å². The zero-order valence-electron chi connectivity index (χ0n) is 17.7. The molecule has 9 unspecified atom stereocenters. The average molecular weight is 504 g/mol. The standard InChI is InChI=1S/C18H32O16/c19-1-4-7(21)9(23)13(27)17(32-4)30-3-6-8(22)10(24)14(28)18(33-6)34-15-5(2-20)31-16(29)12(26)11(15)25/h4-29H,1-3H2/t4?,5?,6?,7-,8-,9?,10+,11?,12?,13?,14?,15-,16?,17+,18-/m1/s1. The monoisotopic (exact) mass is 504 g/mol. The van der Waals surface area contributed by atoms with Crippen molar-refractivity contribution in [3.05, 3.63) is 0 Å². The second-order valence-electron chi connectivity index (χ2n) is 8.37. The highest BCUT2D eigenvalue weighted by molar-refractivity contribution is 4.94. The van der Waals surface area contributed by atoms with Gasteiger partial charge in [0.1, 0.15) is 73.2 Å². The lowest BCUT2D eigenvalue weighted by Crippen LogP contribution is -2.65. The topological polar surface area (TPSA) is 269 Å². The second kappa shape index (κ2) is 11.6. The lowest BCUT2D eigenvalue weighted by Gasteiger charge is -2.45. The molecular formula is C18H32O16. The molecular weight excluding hydrogens is 472 g/mol. The molecule has 3 aliphatic rings. The molecule has 15 atom stereocenters. The minimum absolute atomic E-state index is 0.609. The Balaban J connectivity index is 1.66. The first kappa shape index (κ1) is 27.9. The summed E-state index contributed by atoms with van der Waals surface area (Å²) in [6.45, 7) is -2.07. The van der Waals surface area contributed by atoms with Gasteiger partial charge in [-0.15, -0.1) is 0 Å². The first-order chi connectivity index (χ1) is 16.0. The quantitative estimate of drug-likeness (QED) is 0.154. The van der Waals surface area contributed by atoms with Gasteiger partial charge in [0.25, 0.3) is 0 Å². The van der Waals surface area contributed by atoms with E-state index in [9.17, 15) is 56.2 Å². The molecule has 34 heavy (non-hydrogen) atoms. The molecule has 3 fully saturated rings. The van der Waals surface area contributed by atoms with Crippen LogP contribution in [-0.2, 0) is 23.7 Å². The van der Waals surface area contributed by atoms with Crippen LogP contribution in [0.5, 0.6) is 0 Å². The first-order valence-electron chi connectivity index (χ1n) is 10.6. The van der Waals surface area contributed by atoms with Gasteiger partial charge in [-0.3, -0.25) is 0 Å². The summed E-state index contributed by atoms with van der Waals surface area (Å²) >= 11 is 0. The Morgan fingerprint density at radius 2 is 1.03 bits per heavy atom. The van der Waals surface area contributed by atoms with Crippen molar-refractivity contribution < 1.29 is 79.9 Å². The van der Waals surface area contributed by atoms with E-state index >= 15 is 0 Å². The molecule has 3 heterocycles. The highest BCUT2D eigenvalue weighted by atomic mass is 16.7. The van der Waals surface area contributed by atoms with Crippen LogP contribution in [0.2, 0.25) is 0 Å². The van der Waals surface area contributed by atoms with E-state index in [-0.39, 0.29) is 0 Å². The lowest BCUT2D eigenvalue weighted by atomic mass is 9.97. The molecule has 0 aromatic heterocycles. The summed E-state index contributed by atoms with van der Waals surface area (Å²) in [5.41, 5.74) is 0. The van der Waals surface area contributed by atoms with E-state index in [0.717, 1.165) is 0 Å². The van der Waals surface area contributed by atoms with Crippen LogP contribution in [0.15, 0.2) is 0 Å². The van der Waals surface area contributed by atoms with Gasteiger partial charge < -0.3 is 79.9 Å². The zero-order valence-corrected chi connectivity index (χ0v) is 17.7. The van der Waals surface area contributed by atoms with Crippen molar-refractivity contribution in [1.82, 2.24) is 0 Å². The van der Waals surface area contributed by atoms with E-state index in [4.69, 9.17) is 23.7 Å². The molecule has 11 N–H and O–H groups in total. The Labute approximate surface area is 192 Å². The SMILES string of the molecule is OCC1O[C@H](OCC2O[C@H](O[C@@H]3C(CO)OC(O)C(O)C3O)C(O)[C@@H](O)[C@@H]2O)C(O)C(O)[C@@H]1O. The number of rotatable bonds is 7. The largest absolute Gasteiger partial charge is 0.394 e.